The minimum Gasteiger partial charge on any atom is -0.395 e. The molecule has 0 spiro atoms. The summed E-state index contributed by atoms with van der Waals surface area (Å²) in [5.74, 6) is 0.481. The number of halogens is 2. The Bertz CT molecular complexity index is 861. The van der Waals surface area contributed by atoms with Crippen molar-refractivity contribution in [1.29, 1.82) is 0 Å². The van der Waals surface area contributed by atoms with E-state index in [2.05, 4.69) is 43.2 Å². The molecule has 2 aromatic carbocycles. The van der Waals surface area contributed by atoms with Crippen molar-refractivity contribution in [3.63, 3.8) is 0 Å². The summed E-state index contributed by atoms with van der Waals surface area (Å²) >= 11 is 2.06. The molecule has 5 nitrogen and oxygen atoms in total. The van der Waals surface area contributed by atoms with Gasteiger partial charge in [0, 0.05) is 21.7 Å². The second-order valence-electron chi connectivity index (χ2n) is 5.23. The molecule has 0 aliphatic carbocycles. The number of hydrogen-bond donors (Lipinski definition) is 3. The molecule has 0 bridgehead atoms. The molecule has 0 aliphatic heterocycles. The van der Waals surface area contributed by atoms with Gasteiger partial charge >= 0.3 is 0 Å². The average molecular weight is 450 g/mol. The van der Waals surface area contributed by atoms with Crippen LogP contribution in [-0.2, 0) is 0 Å². The summed E-state index contributed by atoms with van der Waals surface area (Å²) < 4.78 is 14.9. The van der Waals surface area contributed by atoms with E-state index in [-0.39, 0.29) is 12.4 Å². The largest absolute Gasteiger partial charge is 0.395 e. The third-order valence-electron chi connectivity index (χ3n) is 3.38. The molecule has 1 aromatic heterocycles. The van der Waals surface area contributed by atoms with Gasteiger partial charge in [-0.3, -0.25) is 0 Å². The van der Waals surface area contributed by atoms with Crippen LogP contribution in [0.5, 0.6) is 0 Å². The van der Waals surface area contributed by atoms with E-state index in [1.54, 1.807) is 12.1 Å². The van der Waals surface area contributed by atoms with Crippen LogP contribution in [0.1, 0.15) is 0 Å². The SMILES string of the molecule is OCCNc1nc(Nc2ccc(I)cc2F)cc(-c2ccccc2)n1. The molecular formula is C18H16FIN4O. The Kier molecular flexibility index (Phi) is 5.77. The number of nitrogens with zero attached hydrogens (tertiary/aromatic N) is 2. The van der Waals surface area contributed by atoms with Gasteiger partial charge < -0.3 is 15.7 Å². The van der Waals surface area contributed by atoms with Crippen molar-refractivity contribution in [3.05, 3.63) is 64.0 Å². The van der Waals surface area contributed by atoms with Crippen LogP contribution in [0.4, 0.5) is 21.8 Å². The lowest BCUT2D eigenvalue weighted by atomic mass is 10.1. The normalized spacial score (nSPS) is 10.5. The highest BCUT2D eigenvalue weighted by atomic mass is 127. The van der Waals surface area contributed by atoms with Crippen LogP contribution in [0.25, 0.3) is 11.3 Å². The Morgan fingerprint density at radius 2 is 1.84 bits per heavy atom. The van der Waals surface area contributed by atoms with Crippen LogP contribution in [0.2, 0.25) is 0 Å². The highest BCUT2D eigenvalue weighted by molar-refractivity contribution is 14.1. The number of nitrogens with one attached hydrogen (secondary N) is 2. The summed E-state index contributed by atoms with van der Waals surface area (Å²) in [5.41, 5.74) is 1.96. The summed E-state index contributed by atoms with van der Waals surface area (Å²) in [4.78, 5) is 8.79. The average Bonchev–Trinajstić information content (AvgIpc) is 2.63. The number of aromatic nitrogens is 2. The standard InChI is InChI=1S/C18H16FIN4O/c19-14-10-13(20)6-7-15(14)22-17-11-16(12-4-2-1-3-5-12)23-18(24-17)21-8-9-25/h1-7,10-11,25H,8-9H2,(H2,21,22,23,24). The zero-order chi connectivity index (χ0) is 17.6. The van der Waals surface area contributed by atoms with Gasteiger partial charge in [0.25, 0.3) is 0 Å². The molecule has 25 heavy (non-hydrogen) atoms. The summed E-state index contributed by atoms with van der Waals surface area (Å²) in [6.07, 6.45) is 0. The van der Waals surface area contributed by atoms with E-state index in [1.807, 2.05) is 36.4 Å². The highest BCUT2D eigenvalue weighted by Crippen LogP contribution is 2.25. The minimum atomic E-state index is -0.350. The predicted molar refractivity (Wildman–Crippen MR) is 105 cm³/mol. The molecule has 0 unspecified atom stereocenters. The Morgan fingerprint density at radius 3 is 2.56 bits per heavy atom. The Morgan fingerprint density at radius 1 is 1.04 bits per heavy atom. The molecule has 3 N–H and O–H groups in total. The van der Waals surface area contributed by atoms with Crippen molar-refractivity contribution < 1.29 is 9.50 Å². The molecule has 3 rings (SSSR count). The van der Waals surface area contributed by atoms with Gasteiger partial charge in [0.05, 0.1) is 18.0 Å². The van der Waals surface area contributed by atoms with E-state index in [9.17, 15) is 4.39 Å². The number of hydrogen-bond acceptors (Lipinski definition) is 5. The molecule has 0 aliphatic rings. The second kappa shape index (κ2) is 8.21. The van der Waals surface area contributed by atoms with Crippen LogP contribution in [0.3, 0.4) is 0 Å². The van der Waals surface area contributed by atoms with Crippen molar-refractivity contribution in [1.82, 2.24) is 9.97 Å². The van der Waals surface area contributed by atoms with Crippen LogP contribution in [0, 0.1) is 9.39 Å². The van der Waals surface area contributed by atoms with E-state index in [0.29, 0.717) is 29.7 Å². The lowest BCUT2D eigenvalue weighted by Crippen LogP contribution is -2.10. The maximum atomic E-state index is 14.1. The highest BCUT2D eigenvalue weighted by Gasteiger charge is 2.09. The fourth-order valence-electron chi connectivity index (χ4n) is 2.24. The Labute approximate surface area is 158 Å². The lowest BCUT2D eigenvalue weighted by molar-refractivity contribution is 0.311. The predicted octanol–water partition coefficient (Wildman–Crippen LogP) is 4.04. The number of anilines is 3. The van der Waals surface area contributed by atoms with Crippen LogP contribution in [-0.4, -0.2) is 28.2 Å². The van der Waals surface area contributed by atoms with Crippen molar-refractivity contribution in [3.8, 4) is 11.3 Å². The first-order valence-corrected chi connectivity index (χ1v) is 8.75. The fraction of sp³-hybridized carbons (Fsp3) is 0.111. The van der Waals surface area contributed by atoms with Crippen molar-refractivity contribution in [2.24, 2.45) is 0 Å². The molecule has 0 amide bonds. The van der Waals surface area contributed by atoms with E-state index >= 15 is 0 Å². The maximum absolute atomic E-state index is 14.1. The van der Waals surface area contributed by atoms with Crippen LogP contribution in [0.15, 0.2) is 54.6 Å². The number of benzene rings is 2. The maximum Gasteiger partial charge on any atom is 0.225 e. The Balaban J connectivity index is 1.96. The molecule has 0 fully saturated rings. The molecule has 0 atom stereocenters. The van der Waals surface area contributed by atoms with Gasteiger partial charge in [0.1, 0.15) is 11.6 Å². The number of rotatable bonds is 6. The molecular weight excluding hydrogens is 434 g/mol. The van der Waals surface area contributed by atoms with E-state index in [4.69, 9.17) is 5.11 Å². The molecule has 1 heterocycles. The zero-order valence-electron chi connectivity index (χ0n) is 13.2. The van der Waals surface area contributed by atoms with E-state index in [0.717, 1.165) is 9.13 Å². The first-order valence-electron chi connectivity index (χ1n) is 7.67. The first-order chi connectivity index (χ1) is 12.2. The second-order valence-corrected chi connectivity index (χ2v) is 6.47. The molecule has 0 radical (unpaired) electrons. The third-order valence-corrected chi connectivity index (χ3v) is 4.06. The molecule has 0 saturated carbocycles. The summed E-state index contributed by atoms with van der Waals surface area (Å²) in [7, 11) is 0. The minimum absolute atomic E-state index is 0.0343. The van der Waals surface area contributed by atoms with Gasteiger partial charge in [-0.25, -0.2) is 9.37 Å². The summed E-state index contributed by atoms with van der Waals surface area (Å²) in [6.45, 7) is 0.295. The lowest BCUT2D eigenvalue weighted by Gasteiger charge is -2.12. The van der Waals surface area contributed by atoms with Gasteiger partial charge in [0.2, 0.25) is 5.95 Å². The van der Waals surface area contributed by atoms with Gasteiger partial charge in [-0.2, -0.15) is 4.98 Å². The smallest absolute Gasteiger partial charge is 0.225 e. The summed E-state index contributed by atoms with van der Waals surface area (Å²) in [5, 5.41) is 14.9. The third kappa shape index (κ3) is 4.64. The number of aliphatic hydroxyl groups is 1. The van der Waals surface area contributed by atoms with E-state index in [1.165, 1.54) is 6.07 Å². The molecule has 7 heteroatoms. The van der Waals surface area contributed by atoms with Gasteiger partial charge in [-0.1, -0.05) is 30.3 Å². The molecule has 128 valence electrons. The monoisotopic (exact) mass is 450 g/mol. The van der Waals surface area contributed by atoms with Crippen LogP contribution >= 0.6 is 22.6 Å². The van der Waals surface area contributed by atoms with Crippen molar-refractivity contribution in [2.45, 2.75) is 0 Å². The van der Waals surface area contributed by atoms with E-state index < -0.39 is 0 Å². The van der Waals surface area contributed by atoms with Gasteiger partial charge in [-0.05, 0) is 40.8 Å². The molecule has 0 saturated heterocycles. The van der Waals surface area contributed by atoms with Gasteiger partial charge in [0.15, 0.2) is 0 Å². The summed E-state index contributed by atoms with van der Waals surface area (Å²) in [6, 6.07) is 16.3. The van der Waals surface area contributed by atoms with Gasteiger partial charge in [-0.15, -0.1) is 0 Å². The Hall–Kier alpha value is -2.26. The number of aliphatic hydroxyl groups excluding tert-OH is 1. The molecule has 3 aromatic rings. The quantitative estimate of drug-likeness (QED) is 0.495. The van der Waals surface area contributed by atoms with Crippen molar-refractivity contribution in [2.75, 3.05) is 23.8 Å². The fourth-order valence-corrected chi connectivity index (χ4v) is 2.70. The first kappa shape index (κ1) is 17.6. The van der Waals surface area contributed by atoms with Crippen LogP contribution < -0.4 is 10.6 Å². The zero-order valence-corrected chi connectivity index (χ0v) is 15.4. The van der Waals surface area contributed by atoms with Crippen molar-refractivity contribution >= 4 is 40.0 Å². The topological polar surface area (TPSA) is 70.1 Å².